The first-order valence-electron chi connectivity index (χ1n) is 33.0. The Kier molecular flexibility index (Phi) is 22.0. The van der Waals surface area contributed by atoms with Crippen molar-refractivity contribution in [1.82, 2.24) is 63.3 Å². The van der Waals surface area contributed by atoms with Crippen molar-refractivity contribution in [3.05, 3.63) is 130 Å². The summed E-state index contributed by atoms with van der Waals surface area (Å²) in [5, 5.41) is 28.9. The highest BCUT2D eigenvalue weighted by molar-refractivity contribution is 7.98. The standard InChI is InChI=1S/C26H32N8O2.C25H34N8O2S.C20H23N7S/c1-8-33(11-12-36-7)20-9-10-21(16(2)13-20)28-25-23(18(4)27-15-35)31-34-19(5)24(29-26(25)34)22-14-17(3)32(6)30-22;1-9-32(10-2)20-12-11-17(16(4)26-20)27-22-19(14-36(34)35)30-33-23(25(5,6)7)21(28-24(22)33)18-13-15(3)31(8)29-18;1-12-11-16(24-26(12)5)18-20(28-6)27-19(22-18)17(13(2)23-27)21-14-7-9-15(10-8-14)25(3)4/h9-10,13-14,18H,8,11-12H2,1-7H3;11-13H,9-10,14H2,1-8H3,(H,34,35);7-11H,1-6H3/p-1. The molecular weight excluding hydrogens is 1300 g/mol. The molecule has 0 N–H and O–H groups in total. The minimum Gasteiger partial charge on any atom is -0.772 e. The van der Waals surface area contributed by atoms with Crippen molar-refractivity contribution in [2.24, 2.45) is 56.4 Å². The van der Waals surface area contributed by atoms with Crippen LogP contribution in [0.4, 0.5) is 34.3 Å². The van der Waals surface area contributed by atoms with Crippen molar-refractivity contribution in [3.8, 4) is 34.2 Å². The van der Waals surface area contributed by atoms with E-state index in [4.69, 9.17) is 55.0 Å². The van der Waals surface area contributed by atoms with Crippen LogP contribution in [0.2, 0.25) is 0 Å². The second-order valence-electron chi connectivity index (χ2n) is 25.7. The van der Waals surface area contributed by atoms with E-state index < -0.39 is 17.1 Å². The third-order valence-corrected chi connectivity index (χ3v) is 18.7. The molecule has 0 radical (unpaired) electrons. The highest BCUT2D eigenvalue weighted by Crippen LogP contribution is 2.38. The summed E-state index contributed by atoms with van der Waals surface area (Å²) in [5.74, 6) is 2.50. The van der Waals surface area contributed by atoms with Gasteiger partial charge in [0.2, 0.25) is 6.08 Å². The molecule has 0 amide bonds. The predicted molar refractivity (Wildman–Crippen MR) is 401 cm³/mol. The first-order chi connectivity index (χ1) is 47.6. The SMILES string of the molecule is CCN(CC)c1ccc(N=C2C(CS(=O)[O-])=Nn3c2nc(-c2cc(C)n(C)n2)c3C(C)(C)C)c(C)n1.CCN(CCOC)c1ccc(N=C2C(C(C)N=C=O)=Nn3c2nc(-c2cc(C)n(C)n2)c3C)c(C)c1.CSc1c(-c2cc(C)n(C)n2)nc2n1N=C(C)C2=Nc1ccc(N(C)C)cc1. The van der Waals surface area contributed by atoms with E-state index in [0.29, 0.717) is 52.5 Å². The van der Waals surface area contributed by atoms with Crippen LogP contribution in [0.25, 0.3) is 34.2 Å². The van der Waals surface area contributed by atoms with Crippen LogP contribution in [0.15, 0.2) is 113 Å². The Morgan fingerprint density at radius 2 is 1.20 bits per heavy atom. The Morgan fingerprint density at radius 1 is 0.650 bits per heavy atom. The molecule has 2 aromatic carbocycles. The van der Waals surface area contributed by atoms with Crippen LogP contribution in [0.3, 0.4) is 0 Å². The fourth-order valence-corrected chi connectivity index (χ4v) is 12.7. The number of aromatic nitrogens is 13. The van der Waals surface area contributed by atoms with Gasteiger partial charge in [-0.3, -0.25) is 18.3 Å². The van der Waals surface area contributed by atoms with Gasteiger partial charge >= 0.3 is 0 Å². The van der Waals surface area contributed by atoms with Crippen LogP contribution in [0.1, 0.15) is 113 Å². The first kappa shape index (κ1) is 72.8. The minimum atomic E-state index is -2.33. The number of isocyanates is 1. The maximum atomic E-state index is 11.7. The molecule has 0 spiro atoms. The molecule has 7 aromatic heterocycles. The lowest BCUT2D eigenvalue weighted by atomic mass is 9.90. The van der Waals surface area contributed by atoms with E-state index in [9.17, 15) is 13.6 Å². The summed E-state index contributed by atoms with van der Waals surface area (Å²) in [6, 6.07) is 23.7. The van der Waals surface area contributed by atoms with Crippen LogP contribution in [-0.4, -0.2) is 184 Å². The van der Waals surface area contributed by atoms with Crippen molar-refractivity contribution < 1.29 is 18.3 Å². The average molecular weight is 1390 g/mol. The quantitative estimate of drug-likeness (QED) is 0.0297. The first-order valence-corrected chi connectivity index (χ1v) is 35.5. The number of methoxy groups -OCH3 is 1. The molecule has 27 nitrogen and oxygen atoms in total. The number of ether oxygens (including phenoxy) is 1. The van der Waals surface area contributed by atoms with Crippen LogP contribution >= 0.6 is 11.8 Å². The molecule has 0 bridgehead atoms. The van der Waals surface area contributed by atoms with Gasteiger partial charge in [-0.1, -0.05) is 20.8 Å². The summed E-state index contributed by atoms with van der Waals surface area (Å²) in [6.07, 6.45) is 3.68. The summed E-state index contributed by atoms with van der Waals surface area (Å²) in [4.78, 5) is 55.5. The number of anilines is 3. The Hall–Kier alpha value is -9.93. The molecule has 2 unspecified atom stereocenters. The summed E-state index contributed by atoms with van der Waals surface area (Å²) in [7, 11) is 11.5. The molecule has 0 fully saturated rings. The highest BCUT2D eigenvalue weighted by Gasteiger charge is 2.37. The zero-order chi connectivity index (χ0) is 72.3. The molecule has 29 heteroatoms. The van der Waals surface area contributed by atoms with Gasteiger partial charge in [-0.2, -0.15) is 35.6 Å². The maximum Gasteiger partial charge on any atom is 0.235 e. The number of aryl methyl sites for hydroxylation is 8. The number of hydrogen-bond acceptors (Lipinski definition) is 22. The third kappa shape index (κ3) is 15.0. The van der Waals surface area contributed by atoms with Crippen LogP contribution in [-0.2, 0) is 47.2 Å². The Bertz CT molecular complexity index is 4780. The van der Waals surface area contributed by atoms with Gasteiger partial charge in [-0.25, -0.2) is 53.7 Å². The summed E-state index contributed by atoms with van der Waals surface area (Å²) in [6.45, 7) is 32.3. The molecule has 2 atom stereocenters. The monoisotopic (exact) mass is 1390 g/mol. The van der Waals surface area contributed by atoms with E-state index in [1.54, 1.807) is 41.2 Å². The number of thioether (sulfide) groups is 1. The van der Waals surface area contributed by atoms with Gasteiger partial charge in [0, 0.05) is 102 Å². The van der Waals surface area contributed by atoms with E-state index in [0.717, 1.165) is 145 Å². The summed E-state index contributed by atoms with van der Waals surface area (Å²) in [5.41, 5.74) is 19.1. The molecule has 524 valence electrons. The van der Waals surface area contributed by atoms with E-state index in [1.165, 1.54) is 0 Å². The fraction of sp³-hybridized carbons (Fsp3) is 0.408. The van der Waals surface area contributed by atoms with Crippen molar-refractivity contribution >= 4 is 97.4 Å². The number of carbonyl (C=O) groups excluding carboxylic acids is 1. The Balaban J connectivity index is 0.000000163. The second-order valence-corrected chi connectivity index (χ2v) is 27.4. The van der Waals surface area contributed by atoms with Gasteiger partial charge < -0.3 is 24.0 Å². The molecule has 9 aromatic rings. The number of likely N-dealkylation sites (N-methyl/N-ethyl adjacent to an activating group) is 1. The molecule has 0 saturated heterocycles. The fourth-order valence-electron chi connectivity index (χ4n) is 11.7. The van der Waals surface area contributed by atoms with Gasteiger partial charge in [-0.15, -0.1) is 11.8 Å². The Morgan fingerprint density at radius 3 is 1.73 bits per heavy atom. The number of benzene rings is 2. The maximum absolute atomic E-state index is 11.7. The largest absolute Gasteiger partial charge is 0.772 e. The van der Waals surface area contributed by atoms with Gasteiger partial charge in [0.1, 0.15) is 79.6 Å². The normalized spacial score (nSPS) is 14.8. The van der Waals surface area contributed by atoms with E-state index >= 15 is 0 Å². The molecule has 12 rings (SSSR count). The lowest BCUT2D eigenvalue weighted by molar-refractivity contribution is 0.205. The van der Waals surface area contributed by atoms with Gasteiger partial charge in [0.25, 0.3) is 0 Å². The van der Waals surface area contributed by atoms with E-state index in [-0.39, 0.29) is 11.2 Å². The number of aliphatic imine (C=N–C) groups is 4. The topological polar surface area (TPSA) is 282 Å². The molecule has 0 saturated carbocycles. The van der Waals surface area contributed by atoms with Crippen LogP contribution < -0.4 is 14.7 Å². The molecule has 100 heavy (non-hydrogen) atoms. The van der Waals surface area contributed by atoms with Crippen molar-refractivity contribution in [2.75, 3.05) is 80.7 Å². The second kappa shape index (κ2) is 30.3. The summed E-state index contributed by atoms with van der Waals surface area (Å²) >= 11 is -0.717. The van der Waals surface area contributed by atoms with Gasteiger partial charge in [0.05, 0.1) is 52.2 Å². The molecule has 0 aliphatic carbocycles. The minimum absolute atomic E-state index is 0.256. The number of fused-ring (bicyclic) bond motifs is 3. The smallest absolute Gasteiger partial charge is 0.235 e. The molecule has 10 heterocycles. The molecular formula is C71H88N23O4S2-. The summed E-state index contributed by atoms with van der Waals surface area (Å²) < 4.78 is 39.5. The van der Waals surface area contributed by atoms with E-state index in [1.807, 2.05) is 157 Å². The number of pyridine rings is 1. The zero-order valence-corrected chi connectivity index (χ0v) is 62.6. The number of hydrogen-bond donors (Lipinski definition) is 0. The number of imidazole rings is 3. The lowest BCUT2D eigenvalue weighted by Gasteiger charge is -2.23. The average Bonchev–Trinajstić information content (AvgIpc) is 1.59. The molecule has 3 aliphatic heterocycles. The predicted octanol–water partition coefficient (Wildman–Crippen LogP) is 11.1. The van der Waals surface area contributed by atoms with E-state index in [2.05, 4.69) is 101 Å². The van der Waals surface area contributed by atoms with Crippen molar-refractivity contribution in [3.63, 3.8) is 0 Å². The zero-order valence-electron chi connectivity index (χ0n) is 61.0. The lowest BCUT2D eigenvalue weighted by Crippen LogP contribution is -2.26. The third-order valence-electron chi connectivity index (χ3n) is 17.5. The highest BCUT2D eigenvalue weighted by atomic mass is 32.2. The number of nitrogens with zero attached hydrogens (tertiary/aromatic N) is 23. The number of rotatable bonds is 20. The Labute approximate surface area is 590 Å². The van der Waals surface area contributed by atoms with Crippen molar-refractivity contribution in [1.29, 1.82) is 0 Å². The molecule has 3 aliphatic rings. The van der Waals surface area contributed by atoms with Crippen molar-refractivity contribution in [2.45, 2.75) is 113 Å². The van der Waals surface area contributed by atoms with Crippen LogP contribution in [0, 0.1) is 41.5 Å². The van der Waals surface area contributed by atoms with Gasteiger partial charge in [-0.05, 0) is 172 Å². The van der Waals surface area contributed by atoms with Gasteiger partial charge in [0.15, 0.2) is 17.5 Å². The van der Waals surface area contributed by atoms with Crippen LogP contribution in [0.5, 0.6) is 0 Å².